The zero-order valence-corrected chi connectivity index (χ0v) is 24.5. The highest BCUT2D eigenvalue weighted by Crippen LogP contribution is 2.26. The molecular formula is C32H41F3N2O5. The minimum Gasteiger partial charge on any atom is -0.506 e. The fraction of sp³-hybridized carbons (Fsp3) is 0.469. The first-order chi connectivity index (χ1) is 19.8. The van der Waals surface area contributed by atoms with E-state index in [9.17, 15) is 27.9 Å². The Hall–Kier alpha value is -3.66. The average molecular weight is 591 g/mol. The van der Waals surface area contributed by atoms with Crippen molar-refractivity contribution in [1.82, 2.24) is 9.88 Å². The molecule has 2 N–H and O–H groups in total. The topological polar surface area (TPSA) is 99.7 Å². The standard InChI is InChI=1S/C30H40N2O4.C2HF3O/c1-30(2,3)22-32(28(35)18-21-36-20-17-23-10-6-4-7-11-23)19-9-5-8-12-24-13-15-26(33)29-25(24)14-16-27(34)31-29;3-2(4,5)1-6/h4,6-7,10-11,13-16,33H,5,8-9,12,17-22H2,1-3H3,(H,31,34);1H. The maximum absolute atomic E-state index is 12.9. The van der Waals surface area contributed by atoms with Gasteiger partial charge in [-0.3, -0.25) is 14.4 Å². The second-order valence-electron chi connectivity index (χ2n) is 11.3. The summed E-state index contributed by atoms with van der Waals surface area (Å²) in [6.07, 6.45) is -0.691. The van der Waals surface area contributed by atoms with Crippen molar-refractivity contribution in [3.8, 4) is 5.75 Å². The molecule has 1 heterocycles. The minimum atomic E-state index is -4.64. The van der Waals surface area contributed by atoms with Crippen molar-refractivity contribution in [2.45, 2.75) is 65.5 Å². The fourth-order valence-electron chi connectivity index (χ4n) is 4.43. The summed E-state index contributed by atoms with van der Waals surface area (Å²) < 4.78 is 37.0. The average Bonchev–Trinajstić information content (AvgIpc) is 2.93. The van der Waals surface area contributed by atoms with Crippen LogP contribution in [0.15, 0.2) is 59.4 Å². The number of alkyl halides is 3. The number of pyridine rings is 1. The minimum absolute atomic E-state index is 0.0334. The van der Waals surface area contributed by atoms with Crippen LogP contribution in [0.2, 0.25) is 0 Å². The number of aromatic amines is 1. The molecule has 1 aromatic heterocycles. The van der Waals surface area contributed by atoms with Crippen LogP contribution in [0.5, 0.6) is 5.75 Å². The number of amides is 1. The number of aldehydes is 1. The Morgan fingerprint density at radius 2 is 1.64 bits per heavy atom. The molecule has 0 saturated carbocycles. The maximum atomic E-state index is 12.9. The number of aromatic nitrogens is 1. The van der Waals surface area contributed by atoms with Crippen LogP contribution >= 0.6 is 0 Å². The third kappa shape index (κ3) is 13.3. The fourth-order valence-corrected chi connectivity index (χ4v) is 4.43. The second kappa shape index (κ2) is 16.7. The van der Waals surface area contributed by atoms with Crippen molar-refractivity contribution in [2.24, 2.45) is 5.41 Å². The smallest absolute Gasteiger partial charge is 0.446 e. The van der Waals surface area contributed by atoms with Crippen LogP contribution in [-0.4, -0.2) is 59.7 Å². The van der Waals surface area contributed by atoms with Gasteiger partial charge in [-0.2, -0.15) is 13.2 Å². The lowest BCUT2D eigenvalue weighted by atomic mass is 9.95. The summed E-state index contributed by atoms with van der Waals surface area (Å²) in [6, 6.07) is 17.1. The van der Waals surface area contributed by atoms with E-state index in [1.807, 2.05) is 29.2 Å². The molecule has 0 aliphatic rings. The van der Waals surface area contributed by atoms with E-state index in [4.69, 9.17) is 9.53 Å². The largest absolute Gasteiger partial charge is 0.506 e. The Balaban J connectivity index is 0.000000928. The number of hydrogen-bond donors (Lipinski definition) is 2. The summed E-state index contributed by atoms with van der Waals surface area (Å²) in [5, 5.41) is 10.9. The van der Waals surface area contributed by atoms with E-state index in [-0.39, 0.29) is 22.6 Å². The third-order valence-electron chi connectivity index (χ3n) is 6.33. The van der Waals surface area contributed by atoms with E-state index >= 15 is 0 Å². The molecule has 0 aliphatic heterocycles. The van der Waals surface area contributed by atoms with Gasteiger partial charge in [-0.15, -0.1) is 0 Å². The quantitative estimate of drug-likeness (QED) is 0.182. The molecule has 0 fully saturated rings. The third-order valence-corrected chi connectivity index (χ3v) is 6.33. The van der Waals surface area contributed by atoms with Crippen molar-refractivity contribution in [1.29, 1.82) is 0 Å². The number of H-pyrrole nitrogens is 1. The molecule has 1 amide bonds. The van der Waals surface area contributed by atoms with E-state index in [0.29, 0.717) is 25.2 Å². The summed E-state index contributed by atoms with van der Waals surface area (Å²) in [6.45, 7) is 9.01. The number of benzene rings is 2. The molecule has 0 atom stereocenters. The molecule has 10 heteroatoms. The number of rotatable bonds is 13. The zero-order valence-electron chi connectivity index (χ0n) is 24.5. The molecular weight excluding hydrogens is 549 g/mol. The number of ether oxygens (including phenoxy) is 1. The molecule has 0 unspecified atom stereocenters. The monoisotopic (exact) mass is 590 g/mol. The van der Waals surface area contributed by atoms with Crippen LogP contribution in [0, 0.1) is 5.41 Å². The van der Waals surface area contributed by atoms with Gasteiger partial charge in [-0.25, -0.2) is 0 Å². The van der Waals surface area contributed by atoms with Gasteiger partial charge in [0.15, 0.2) is 0 Å². The number of nitrogens with one attached hydrogen (secondary N) is 1. The Kier molecular flexibility index (Phi) is 13.7. The van der Waals surface area contributed by atoms with E-state index < -0.39 is 12.5 Å². The second-order valence-corrected chi connectivity index (χ2v) is 11.3. The molecule has 42 heavy (non-hydrogen) atoms. The molecule has 0 saturated heterocycles. The Bertz CT molecular complexity index is 1320. The number of carbonyl (C=O) groups excluding carboxylic acids is 2. The normalized spacial score (nSPS) is 11.6. The van der Waals surface area contributed by atoms with Crippen molar-refractivity contribution in [2.75, 3.05) is 26.3 Å². The van der Waals surface area contributed by atoms with Gasteiger partial charge in [0, 0.05) is 24.5 Å². The molecule has 7 nitrogen and oxygen atoms in total. The number of phenolic OH excluding ortho intramolecular Hbond substituents is 1. The SMILES string of the molecule is CC(C)(C)CN(CCCCCc1ccc(O)c2[nH]c(=O)ccc12)C(=O)CCOCCc1ccccc1.O=CC(F)(F)F. The zero-order chi connectivity index (χ0) is 31.2. The molecule has 0 aliphatic carbocycles. The van der Waals surface area contributed by atoms with Gasteiger partial charge in [0.05, 0.1) is 25.2 Å². The lowest BCUT2D eigenvalue weighted by Crippen LogP contribution is -2.39. The number of halogens is 3. The predicted octanol–water partition coefficient (Wildman–Crippen LogP) is 6.22. The number of fused-ring (bicyclic) bond motifs is 1. The number of carbonyl (C=O) groups is 2. The van der Waals surface area contributed by atoms with E-state index in [0.717, 1.165) is 56.1 Å². The number of nitrogens with zero attached hydrogens (tertiary/aromatic N) is 1. The van der Waals surface area contributed by atoms with Crippen molar-refractivity contribution in [3.05, 3.63) is 76.1 Å². The molecule has 0 spiro atoms. The number of phenols is 1. The first kappa shape index (κ1) is 34.5. The molecule has 230 valence electrons. The predicted molar refractivity (Wildman–Crippen MR) is 158 cm³/mol. The molecule has 3 rings (SSSR count). The molecule has 0 radical (unpaired) electrons. The highest BCUT2D eigenvalue weighted by molar-refractivity contribution is 5.87. The van der Waals surface area contributed by atoms with Gasteiger partial charge in [-0.05, 0) is 54.4 Å². The molecule has 0 bridgehead atoms. The summed E-state index contributed by atoms with van der Waals surface area (Å²) >= 11 is 0. The van der Waals surface area contributed by atoms with E-state index in [1.54, 1.807) is 12.1 Å². The molecule has 2 aromatic carbocycles. The van der Waals surface area contributed by atoms with Gasteiger partial charge in [0.25, 0.3) is 0 Å². The van der Waals surface area contributed by atoms with Crippen LogP contribution in [0.4, 0.5) is 13.2 Å². The van der Waals surface area contributed by atoms with Crippen LogP contribution in [0.1, 0.15) is 57.6 Å². The lowest BCUT2D eigenvalue weighted by molar-refractivity contribution is -0.156. The summed E-state index contributed by atoms with van der Waals surface area (Å²) in [4.78, 5) is 38.0. The summed E-state index contributed by atoms with van der Waals surface area (Å²) in [5.41, 5.74) is 2.65. The Morgan fingerprint density at radius 1 is 0.952 bits per heavy atom. The van der Waals surface area contributed by atoms with Crippen LogP contribution in [-0.2, 0) is 27.2 Å². The van der Waals surface area contributed by atoms with Crippen molar-refractivity contribution in [3.63, 3.8) is 0 Å². The number of aryl methyl sites for hydroxylation is 1. The van der Waals surface area contributed by atoms with E-state index in [1.165, 1.54) is 11.6 Å². The van der Waals surface area contributed by atoms with Crippen molar-refractivity contribution >= 4 is 23.1 Å². The van der Waals surface area contributed by atoms with Gasteiger partial charge in [-0.1, -0.05) is 63.6 Å². The van der Waals surface area contributed by atoms with Gasteiger partial charge in [0.1, 0.15) is 5.75 Å². The van der Waals surface area contributed by atoms with Crippen LogP contribution in [0.3, 0.4) is 0 Å². The Labute approximate surface area is 244 Å². The highest BCUT2D eigenvalue weighted by Gasteiger charge is 2.25. The summed E-state index contributed by atoms with van der Waals surface area (Å²) in [5.74, 6) is 0.241. The first-order valence-electron chi connectivity index (χ1n) is 14.1. The lowest BCUT2D eigenvalue weighted by Gasteiger charge is -2.30. The first-order valence-corrected chi connectivity index (χ1v) is 14.1. The van der Waals surface area contributed by atoms with Gasteiger partial charge < -0.3 is 19.7 Å². The molecule has 3 aromatic rings. The van der Waals surface area contributed by atoms with Crippen LogP contribution < -0.4 is 5.56 Å². The highest BCUT2D eigenvalue weighted by atomic mass is 19.4. The van der Waals surface area contributed by atoms with Crippen molar-refractivity contribution < 1.29 is 32.6 Å². The Morgan fingerprint density at radius 3 is 2.29 bits per heavy atom. The van der Waals surface area contributed by atoms with E-state index in [2.05, 4.69) is 37.9 Å². The summed E-state index contributed by atoms with van der Waals surface area (Å²) in [7, 11) is 0. The number of aromatic hydroxyl groups is 1. The van der Waals surface area contributed by atoms with Gasteiger partial charge in [0.2, 0.25) is 17.8 Å². The number of unbranched alkanes of at least 4 members (excludes halogenated alkanes) is 2. The maximum Gasteiger partial charge on any atom is 0.446 e. The van der Waals surface area contributed by atoms with Crippen LogP contribution in [0.25, 0.3) is 10.9 Å². The number of hydrogen-bond acceptors (Lipinski definition) is 5. The van der Waals surface area contributed by atoms with Gasteiger partial charge >= 0.3 is 6.18 Å².